The first-order valence-electron chi connectivity index (χ1n) is 10.7. The van der Waals surface area contributed by atoms with Crippen molar-refractivity contribution >= 4 is 38.3 Å². The Labute approximate surface area is 198 Å². The van der Waals surface area contributed by atoms with Crippen molar-refractivity contribution in [3.63, 3.8) is 0 Å². The number of piperazine rings is 1. The van der Waals surface area contributed by atoms with E-state index < -0.39 is 10.0 Å². The van der Waals surface area contributed by atoms with E-state index in [2.05, 4.69) is 10.2 Å². The molecule has 0 aromatic heterocycles. The first-order chi connectivity index (χ1) is 15.9. The predicted molar refractivity (Wildman–Crippen MR) is 129 cm³/mol. The molecule has 0 radical (unpaired) electrons. The van der Waals surface area contributed by atoms with E-state index in [0.29, 0.717) is 26.2 Å². The lowest BCUT2D eigenvalue weighted by Gasteiger charge is -2.31. The minimum atomic E-state index is -3.78. The van der Waals surface area contributed by atoms with Crippen molar-refractivity contribution in [1.82, 2.24) is 14.5 Å². The Balaban J connectivity index is 1.39. The zero-order chi connectivity index (χ0) is 23.4. The summed E-state index contributed by atoms with van der Waals surface area (Å²) in [7, 11) is -1.83. The van der Waals surface area contributed by atoms with Crippen LogP contribution in [-0.2, 0) is 10.0 Å². The Bertz CT molecular complexity index is 1250. The normalized spacial score (nSPS) is 15.5. The number of nitrogens with one attached hydrogen (secondary N) is 1. The van der Waals surface area contributed by atoms with E-state index in [0.717, 1.165) is 16.5 Å². The number of carbonyl (C=O) groups is 1. The van der Waals surface area contributed by atoms with Gasteiger partial charge in [0.1, 0.15) is 17.3 Å². The van der Waals surface area contributed by atoms with Crippen LogP contribution in [0.4, 0.5) is 0 Å². The van der Waals surface area contributed by atoms with E-state index in [1.807, 2.05) is 49.5 Å². The van der Waals surface area contributed by atoms with Crippen molar-refractivity contribution in [2.75, 3.05) is 46.4 Å². The average Bonchev–Trinajstić information content (AvgIpc) is 2.82. The summed E-state index contributed by atoms with van der Waals surface area (Å²) in [5.41, 5.74) is 0.234. The molecular formula is C24H26ClN3O4S. The van der Waals surface area contributed by atoms with Gasteiger partial charge in [0.15, 0.2) is 0 Å². The molecule has 174 valence electrons. The lowest BCUT2D eigenvalue weighted by atomic mass is 10.1. The third kappa shape index (κ3) is 5.30. The number of halogens is 1. The number of ether oxygens (including phenoxy) is 1. The fraction of sp³-hybridized carbons (Fsp3) is 0.292. The standard InChI is InChI=1S/C24H26ClN3O4S/c1-27-12-14-28(15-13-27)33(30,31)23-17-19(9-10-21(23)25)24(29)26-11-16-32-22-8-4-6-18-5-2-3-7-20(18)22/h2-10,17H,11-16H2,1H3,(H,26,29). The quantitative estimate of drug-likeness (QED) is 0.518. The molecule has 1 fully saturated rings. The van der Waals surface area contributed by atoms with Crippen molar-refractivity contribution in [3.8, 4) is 5.75 Å². The molecule has 4 rings (SSSR count). The highest BCUT2D eigenvalue weighted by atomic mass is 35.5. The van der Waals surface area contributed by atoms with Crippen LogP contribution < -0.4 is 10.1 Å². The van der Waals surface area contributed by atoms with Crippen LogP contribution >= 0.6 is 11.6 Å². The summed E-state index contributed by atoms with van der Waals surface area (Å²) >= 11 is 6.21. The largest absolute Gasteiger partial charge is 0.491 e. The van der Waals surface area contributed by atoms with Crippen molar-refractivity contribution < 1.29 is 17.9 Å². The molecular weight excluding hydrogens is 462 g/mol. The molecule has 1 heterocycles. The first-order valence-corrected chi connectivity index (χ1v) is 12.5. The molecule has 33 heavy (non-hydrogen) atoms. The summed E-state index contributed by atoms with van der Waals surface area (Å²) in [6, 6.07) is 18.1. The second-order valence-corrected chi connectivity index (χ2v) is 10.2. The number of rotatable bonds is 7. The third-order valence-corrected chi connectivity index (χ3v) is 8.05. The Morgan fingerprint density at radius 2 is 1.76 bits per heavy atom. The van der Waals surface area contributed by atoms with E-state index in [4.69, 9.17) is 16.3 Å². The minimum absolute atomic E-state index is 0.0478. The number of fused-ring (bicyclic) bond motifs is 1. The summed E-state index contributed by atoms with van der Waals surface area (Å²) < 4.78 is 33.4. The van der Waals surface area contributed by atoms with Crippen LogP contribution in [0.5, 0.6) is 5.75 Å². The Morgan fingerprint density at radius 3 is 2.55 bits per heavy atom. The Hall–Kier alpha value is -2.65. The van der Waals surface area contributed by atoms with Gasteiger partial charge in [-0.05, 0) is 36.7 Å². The molecule has 0 bridgehead atoms. The van der Waals surface area contributed by atoms with Crippen LogP contribution in [0.25, 0.3) is 10.8 Å². The fourth-order valence-corrected chi connectivity index (χ4v) is 5.68. The van der Waals surface area contributed by atoms with E-state index >= 15 is 0 Å². The molecule has 1 aliphatic rings. The van der Waals surface area contributed by atoms with E-state index in [9.17, 15) is 13.2 Å². The number of carbonyl (C=O) groups excluding carboxylic acids is 1. The number of nitrogens with zero attached hydrogens (tertiary/aromatic N) is 2. The lowest BCUT2D eigenvalue weighted by Crippen LogP contribution is -2.47. The molecule has 3 aromatic carbocycles. The van der Waals surface area contributed by atoms with Crippen LogP contribution in [-0.4, -0.2) is 69.9 Å². The zero-order valence-corrected chi connectivity index (χ0v) is 19.9. The van der Waals surface area contributed by atoms with Crippen molar-refractivity contribution in [2.24, 2.45) is 0 Å². The van der Waals surface area contributed by atoms with Gasteiger partial charge in [-0.3, -0.25) is 4.79 Å². The van der Waals surface area contributed by atoms with Crippen molar-refractivity contribution in [2.45, 2.75) is 4.90 Å². The molecule has 1 aliphatic heterocycles. The highest BCUT2D eigenvalue weighted by Crippen LogP contribution is 2.27. The molecule has 1 N–H and O–H groups in total. The molecule has 1 amide bonds. The number of sulfonamides is 1. The lowest BCUT2D eigenvalue weighted by molar-refractivity contribution is 0.0947. The summed E-state index contributed by atoms with van der Waals surface area (Å²) in [4.78, 5) is 14.7. The van der Waals surface area contributed by atoms with Gasteiger partial charge in [0.05, 0.1) is 11.6 Å². The number of likely N-dealkylation sites (N-methyl/N-ethyl adjacent to an activating group) is 1. The maximum atomic E-state index is 13.1. The van der Waals surface area contributed by atoms with Crippen LogP contribution in [0.15, 0.2) is 65.6 Å². The number of benzene rings is 3. The highest BCUT2D eigenvalue weighted by Gasteiger charge is 2.30. The second kappa shape index (κ2) is 10.1. The number of amides is 1. The van der Waals surface area contributed by atoms with Gasteiger partial charge in [0.2, 0.25) is 10.0 Å². The summed E-state index contributed by atoms with van der Waals surface area (Å²) in [6.45, 7) is 2.61. The van der Waals surface area contributed by atoms with Crippen LogP contribution in [0.3, 0.4) is 0 Å². The summed E-state index contributed by atoms with van der Waals surface area (Å²) in [5.74, 6) is 0.359. The Kier molecular flexibility index (Phi) is 7.19. The smallest absolute Gasteiger partial charge is 0.251 e. The molecule has 0 unspecified atom stereocenters. The molecule has 7 nitrogen and oxygen atoms in total. The van der Waals surface area contributed by atoms with E-state index in [-0.39, 0.29) is 34.5 Å². The maximum Gasteiger partial charge on any atom is 0.251 e. The monoisotopic (exact) mass is 487 g/mol. The fourth-order valence-electron chi connectivity index (χ4n) is 3.76. The number of hydrogen-bond acceptors (Lipinski definition) is 5. The van der Waals surface area contributed by atoms with Gasteiger partial charge in [-0.15, -0.1) is 0 Å². The average molecular weight is 488 g/mol. The van der Waals surface area contributed by atoms with Gasteiger partial charge < -0.3 is 15.0 Å². The van der Waals surface area contributed by atoms with E-state index in [1.54, 1.807) is 0 Å². The zero-order valence-electron chi connectivity index (χ0n) is 18.3. The van der Waals surface area contributed by atoms with Crippen molar-refractivity contribution in [1.29, 1.82) is 0 Å². The molecule has 3 aromatic rings. The molecule has 0 saturated carbocycles. The van der Waals surface area contributed by atoms with E-state index in [1.165, 1.54) is 22.5 Å². The van der Waals surface area contributed by atoms with Gasteiger partial charge in [-0.2, -0.15) is 4.31 Å². The SMILES string of the molecule is CN1CCN(S(=O)(=O)c2cc(C(=O)NCCOc3cccc4ccccc34)ccc2Cl)CC1. The molecule has 0 atom stereocenters. The van der Waals surface area contributed by atoms with Gasteiger partial charge in [-0.25, -0.2) is 8.42 Å². The third-order valence-electron chi connectivity index (χ3n) is 5.67. The molecule has 0 spiro atoms. The van der Waals surface area contributed by atoms with Gasteiger partial charge in [-0.1, -0.05) is 48.0 Å². The summed E-state index contributed by atoms with van der Waals surface area (Å²) in [5, 5.41) is 4.96. The van der Waals surface area contributed by atoms with Gasteiger partial charge in [0.25, 0.3) is 5.91 Å². The van der Waals surface area contributed by atoms with Crippen molar-refractivity contribution in [3.05, 3.63) is 71.2 Å². The number of hydrogen-bond donors (Lipinski definition) is 1. The van der Waals surface area contributed by atoms with Crippen LogP contribution in [0, 0.1) is 0 Å². The highest BCUT2D eigenvalue weighted by molar-refractivity contribution is 7.89. The van der Waals surface area contributed by atoms with Crippen LogP contribution in [0.1, 0.15) is 10.4 Å². The van der Waals surface area contributed by atoms with Gasteiger partial charge >= 0.3 is 0 Å². The second-order valence-electron chi connectivity index (χ2n) is 7.93. The first kappa shape index (κ1) is 23.5. The molecule has 0 aliphatic carbocycles. The topological polar surface area (TPSA) is 79.0 Å². The summed E-state index contributed by atoms with van der Waals surface area (Å²) in [6.07, 6.45) is 0. The maximum absolute atomic E-state index is 13.1. The van der Waals surface area contributed by atoms with Crippen LogP contribution in [0.2, 0.25) is 5.02 Å². The van der Waals surface area contributed by atoms with Gasteiger partial charge in [0, 0.05) is 37.1 Å². The minimum Gasteiger partial charge on any atom is -0.491 e. The predicted octanol–water partition coefficient (Wildman–Crippen LogP) is 3.24. The Morgan fingerprint density at radius 1 is 1.03 bits per heavy atom. The molecule has 9 heteroatoms. The molecule has 1 saturated heterocycles.